The smallest absolute Gasteiger partial charge is 0.404 e. The van der Waals surface area contributed by atoms with E-state index in [2.05, 4.69) is 11.4 Å². The summed E-state index contributed by atoms with van der Waals surface area (Å²) in [5, 5.41) is 20.1. The van der Waals surface area contributed by atoms with Crippen molar-refractivity contribution in [2.75, 3.05) is 13.1 Å². The summed E-state index contributed by atoms with van der Waals surface area (Å²) in [6.07, 6.45) is 0.729. The molecule has 23 heavy (non-hydrogen) atoms. The van der Waals surface area contributed by atoms with Crippen LogP contribution in [-0.4, -0.2) is 47.2 Å². The van der Waals surface area contributed by atoms with Crippen molar-refractivity contribution in [1.29, 1.82) is 5.26 Å². The lowest BCUT2D eigenvalue weighted by molar-refractivity contribution is -0.133. The Morgan fingerprint density at radius 3 is 3.00 bits per heavy atom. The van der Waals surface area contributed by atoms with E-state index in [1.165, 1.54) is 0 Å². The number of hydrogen-bond acceptors (Lipinski definition) is 4. The van der Waals surface area contributed by atoms with E-state index < -0.39 is 12.1 Å². The van der Waals surface area contributed by atoms with Crippen LogP contribution in [0.25, 0.3) is 0 Å². The molecule has 0 bridgehead atoms. The molecule has 0 aromatic heterocycles. The minimum Gasteiger partial charge on any atom is -0.465 e. The van der Waals surface area contributed by atoms with Gasteiger partial charge in [-0.15, -0.1) is 0 Å². The predicted molar refractivity (Wildman–Crippen MR) is 83.6 cm³/mol. The Kier molecular flexibility index (Phi) is 5.55. The molecule has 1 aromatic rings. The number of amides is 2. The molecule has 1 fully saturated rings. The number of carbonyl (C=O) groups is 2. The van der Waals surface area contributed by atoms with Crippen molar-refractivity contribution < 1.29 is 14.7 Å². The van der Waals surface area contributed by atoms with Crippen LogP contribution < -0.4 is 11.1 Å². The van der Waals surface area contributed by atoms with E-state index in [1.807, 2.05) is 6.07 Å². The van der Waals surface area contributed by atoms with Crippen LogP contribution in [0, 0.1) is 11.3 Å². The zero-order valence-electron chi connectivity index (χ0n) is 12.7. The lowest BCUT2D eigenvalue weighted by atomic mass is 10.0. The monoisotopic (exact) mass is 316 g/mol. The lowest BCUT2D eigenvalue weighted by Crippen LogP contribution is -2.53. The molecular formula is C16H20N4O3. The molecule has 0 unspecified atom stereocenters. The minimum atomic E-state index is -1.08. The van der Waals surface area contributed by atoms with Gasteiger partial charge in [0, 0.05) is 19.1 Å². The first-order valence-electron chi connectivity index (χ1n) is 7.52. The fraction of sp³-hybridized carbons (Fsp3) is 0.438. The molecule has 122 valence electrons. The highest BCUT2D eigenvalue weighted by Gasteiger charge is 2.27. The maximum Gasteiger partial charge on any atom is 0.404 e. The molecule has 1 aliphatic rings. The van der Waals surface area contributed by atoms with Gasteiger partial charge in [-0.25, -0.2) is 4.79 Å². The first-order valence-corrected chi connectivity index (χ1v) is 7.52. The van der Waals surface area contributed by atoms with Gasteiger partial charge in [-0.1, -0.05) is 12.1 Å². The van der Waals surface area contributed by atoms with Gasteiger partial charge < -0.3 is 21.1 Å². The van der Waals surface area contributed by atoms with E-state index in [4.69, 9.17) is 16.1 Å². The second kappa shape index (κ2) is 7.61. The lowest BCUT2D eigenvalue weighted by Gasteiger charge is -2.34. The summed E-state index contributed by atoms with van der Waals surface area (Å²) < 4.78 is 0. The van der Waals surface area contributed by atoms with E-state index in [0.717, 1.165) is 18.4 Å². The third-order valence-corrected chi connectivity index (χ3v) is 3.89. The summed E-state index contributed by atoms with van der Waals surface area (Å²) in [7, 11) is 0. The third kappa shape index (κ3) is 4.69. The van der Waals surface area contributed by atoms with Gasteiger partial charge in [-0.3, -0.25) is 4.79 Å². The molecule has 1 saturated heterocycles. The van der Waals surface area contributed by atoms with E-state index in [9.17, 15) is 9.59 Å². The van der Waals surface area contributed by atoms with Crippen molar-refractivity contribution in [3.05, 3.63) is 35.4 Å². The van der Waals surface area contributed by atoms with Crippen LogP contribution in [-0.2, 0) is 11.2 Å². The number of hydrogen-bond donors (Lipinski definition) is 3. The number of nitrogens with one attached hydrogen (secondary N) is 1. The maximum atomic E-state index is 12.4. The molecule has 0 saturated carbocycles. The van der Waals surface area contributed by atoms with Crippen LogP contribution >= 0.6 is 0 Å². The molecule has 2 atom stereocenters. The first kappa shape index (κ1) is 16.8. The van der Waals surface area contributed by atoms with Gasteiger partial charge in [-0.2, -0.15) is 5.26 Å². The first-order chi connectivity index (χ1) is 11.0. The predicted octanol–water partition coefficient (Wildman–Crippen LogP) is 0.687. The molecule has 1 heterocycles. The quantitative estimate of drug-likeness (QED) is 0.755. The number of nitrogens with two attached hydrogens (primary N) is 1. The highest BCUT2D eigenvalue weighted by Crippen LogP contribution is 2.13. The zero-order chi connectivity index (χ0) is 16.8. The fourth-order valence-electron chi connectivity index (χ4n) is 2.81. The normalized spacial score (nSPS) is 18.8. The number of piperidine rings is 1. The Morgan fingerprint density at radius 1 is 1.52 bits per heavy atom. The number of carboxylic acid groups (broad SMARTS) is 1. The average Bonchev–Trinajstić information content (AvgIpc) is 2.54. The van der Waals surface area contributed by atoms with Crippen molar-refractivity contribution in [3.8, 4) is 6.07 Å². The standard InChI is InChI=1S/C16H20N4O3/c17-9-12-4-1-3-11(7-12)8-14(18)15(21)20-6-2-5-13(10-20)19-16(22)23/h1,3-4,7,13-14,19H,2,5-6,8,10,18H2,(H,22,23)/t13-,14+/m1/s1. The van der Waals surface area contributed by atoms with E-state index >= 15 is 0 Å². The highest BCUT2D eigenvalue weighted by atomic mass is 16.4. The van der Waals surface area contributed by atoms with Gasteiger partial charge in [0.2, 0.25) is 5.91 Å². The van der Waals surface area contributed by atoms with Crippen molar-refractivity contribution in [2.45, 2.75) is 31.3 Å². The fourth-order valence-corrected chi connectivity index (χ4v) is 2.81. The molecule has 0 aliphatic carbocycles. The highest BCUT2D eigenvalue weighted by molar-refractivity contribution is 5.82. The van der Waals surface area contributed by atoms with Crippen LogP contribution in [0.4, 0.5) is 4.79 Å². The van der Waals surface area contributed by atoms with E-state index in [-0.39, 0.29) is 11.9 Å². The number of nitriles is 1. The number of likely N-dealkylation sites (tertiary alicyclic amines) is 1. The number of carbonyl (C=O) groups excluding carboxylic acids is 1. The molecule has 1 aliphatic heterocycles. The third-order valence-electron chi connectivity index (χ3n) is 3.89. The number of rotatable bonds is 4. The van der Waals surface area contributed by atoms with Gasteiger partial charge in [-0.05, 0) is 37.0 Å². The van der Waals surface area contributed by atoms with Gasteiger partial charge in [0.15, 0.2) is 0 Å². The minimum absolute atomic E-state index is 0.191. The summed E-state index contributed by atoms with van der Waals surface area (Å²) in [4.78, 5) is 24.8. The van der Waals surface area contributed by atoms with Gasteiger partial charge in [0.05, 0.1) is 17.7 Å². The molecule has 7 heteroatoms. The summed E-state index contributed by atoms with van der Waals surface area (Å²) in [6, 6.07) is 8.12. The Bertz CT molecular complexity index is 626. The molecule has 7 nitrogen and oxygen atoms in total. The summed E-state index contributed by atoms with van der Waals surface area (Å²) in [5.74, 6) is -0.191. The molecule has 0 radical (unpaired) electrons. The van der Waals surface area contributed by atoms with E-state index in [0.29, 0.717) is 25.1 Å². The average molecular weight is 316 g/mol. The van der Waals surface area contributed by atoms with Crippen LogP contribution in [0.5, 0.6) is 0 Å². The van der Waals surface area contributed by atoms with Gasteiger partial charge >= 0.3 is 6.09 Å². The SMILES string of the molecule is N#Cc1cccc(C[C@H](N)C(=O)N2CCC[C@@H](NC(=O)O)C2)c1. The summed E-state index contributed by atoms with van der Waals surface area (Å²) in [5.41, 5.74) is 7.38. The molecule has 2 amide bonds. The Morgan fingerprint density at radius 2 is 2.30 bits per heavy atom. The second-order valence-corrected chi connectivity index (χ2v) is 5.70. The van der Waals surface area contributed by atoms with Crippen LogP contribution in [0.1, 0.15) is 24.0 Å². The molecule has 2 rings (SSSR count). The zero-order valence-corrected chi connectivity index (χ0v) is 12.7. The van der Waals surface area contributed by atoms with Crippen LogP contribution in [0.3, 0.4) is 0 Å². The summed E-state index contributed by atoms with van der Waals surface area (Å²) in [6.45, 7) is 0.930. The Hall–Kier alpha value is -2.59. The van der Waals surface area contributed by atoms with Gasteiger partial charge in [0.25, 0.3) is 0 Å². The van der Waals surface area contributed by atoms with Crippen molar-refractivity contribution in [3.63, 3.8) is 0 Å². The van der Waals surface area contributed by atoms with Crippen molar-refractivity contribution in [1.82, 2.24) is 10.2 Å². The van der Waals surface area contributed by atoms with Gasteiger partial charge in [0.1, 0.15) is 0 Å². The molecule has 1 aromatic carbocycles. The second-order valence-electron chi connectivity index (χ2n) is 5.70. The molecular weight excluding hydrogens is 296 g/mol. The number of benzene rings is 1. The Balaban J connectivity index is 1.96. The van der Waals surface area contributed by atoms with Crippen LogP contribution in [0.15, 0.2) is 24.3 Å². The molecule has 0 spiro atoms. The Labute approximate surface area is 134 Å². The number of nitrogens with zero attached hydrogens (tertiary/aromatic N) is 2. The summed E-state index contributed by atoms with van der Waals surface area (Å²) >= 11 is 0. The maximum absolute atomic E-state index is 12.4. The largest absolute Gasteiger partial charge is 0.465 e. The topological polar surface area (TPSA) is 119 Å². The molecule has 4 N–H and O–H groups in total. The van der Waals surface area contributed by atoms with Crippen molar-refractivity contribution >= 4 is 12.0 Å². The van der Waals surface area contributed by atoms with Crippen molar-refractivity contribution in [2.24, 2.45) is 5.73 Å². The van der Waals surface area contributed by atoms with E-state index in [1.54, 1.807) is 23.1 Å². The van der Waals surface area contributed by atoms with Crippen LogP contribution in [0.2, 0.25) is 0 Å².